The maximum Gasteiger partial charge on any atom is 0.258 e. The highest BCUT2D eigenvalue weighted by Gasteiger charge is 2.35. The molecule has 158 valence electrons. The van der Waals surface area contributed by atoms with E-state index in [1.54, 1.807) is 6.07 Å². The van der Waals surface area contributed by atoms with E-state index in [0.717, 1.165) is 0 Å². The summed E-state index contributed by atoms with van der Waals surface area (Å²) in [5.74, 6) is -2.57. The zero-order chi connectivity index (χ0) is 22.1. The predicted octanol–water partition coefficient (Wildman–Crippen LogP) is 4.02. The van der Waals surface area contributed by atoms with E-state index in [4.69, 9.17) is 23.2 Å². The molecule has 0 aliphatic carbocycles. The molecule has 1 atom stereocenters. The number of hydrogen-bond acceptors (Lipinski definition) is 5. The zero-order valence-corrected chi connectivity index (χ0v) is 17.1. The first-order valence-electron chi connectivity index (χ1n) is 9.03. The van der Waals surface area contributed by atoms with Crippen LogP contribution in [0.3, 0.4) is 0 Å². The standard InChI is InChI=1S/C20H14Cl2FN5O3/c21-9-1-6-14(13(22)7-9)25-18(30)12-8-15(29)26-17-16(12)19(31)28-20(27-17)24-11-4-2-10(23)3-5-11/h1-7,12H,8H2,(H,25,30)(H3,24,26,27,28,29,31)/t12-/m1/s1. The number of nitrogens with one attached hydrogen (secondary N) is 4. The van der Waals surface area contributed by atoms with Gasteiger partial charge in [0.1, 0.15) is 11.6 Å². The van der Waals surface area contributed by atoms with Gasteiger partial charge in [0.05, 0.1) is 22.2 Å². The third-order valence-electron chi connectivity index (χ3n) is 4.56. The van der Waals surface area contributed by atoms with E-state index in [-0.39, 0.29) is 28.8 Å². The Morgan fingerprint density at radius 3 is 2.58 bits per heavy atom. The third kappa shape index (κ3) is 4.52. The third-order valence-corrected chi connectivity index (χ3v) is 5.11. The molecule has 0 bridgehead atoms. The van der Waals surface area contributed by atoms with Gasteiger partial charge >= 0.3 is 0 Å². The molecule has 2 amide bonds. The van der Waals surface area contributed by atoms with Crippen LogP contribution >= 0.6 is 23.2 Å². The fourth-order valence-electron chi connectivity index (χ4n) is 3.14. The van der Waals surface area contributed by atoms with Crippen LogP contribution in [0.1, 0.15) is 17.9 Å². The molecule has 0 radical (unpaired) electrons. The van der Waals surface area contributed by atoms with Gasteiger partial charge in [-0.1, -0.05) is 23.2 Å². The second-order valence-electron chi connectivity index (χ2n) is 6.73. The average Bonchev–Trinajstić information content (AvgIpc) is 2.71. The van der Waals surface area contributed by atoms with E-state index in [2.05, 4.69) is 25.9 Å². The molecule has 1 aliphatic heterocycles. The van der Waals surface area contributed by atoms with Crippen LogP contribution in [-0.4, -0.2) is 21.8 Å². The minimum atomic E-state index is -1.08. The summed E-state index contributed by atoms with van der Waals surface area (Å²) in [6, 6.07) is 9.92. The summed E-state index contributed by atoms with van der Waals surface area (Å²) in [6.07, 6.45) is -0.237. The van der Waals surface area contributed by atoms with E-state index < -0.39 is 29.1 Å². The smallest absolute Gasteiger partial charge is 0.258 e. The summed E-state index contributed by atoms with van der Waals surface area (Å²) in [7, 11) is 0. The highest BCUT2D eigenvalue weighted by molar-refractivity contribution is 6.36. The lowest BCUT2D eigenvalue weighted by atomic mass is 9.92. The van der Waals surface area contributed by atoms with Crippen LogP contribution in [-0.2, 0) is 9.59 Å². The van der Waals surface area contributed by atoms with Crippen molar-refractivity contribution in [3.8, 4) is 0 Å². The molecular weight excluding hydrogens is 448 g/mol. The minimum Gasteiger partial charge on any atom is -0.326 e. The maximum absolute atomic E-state index is 13.1. The minimum absolute atomic E-state index is 0.0202. The van der Waals surface area contributed by atoms with Crippen molar-refractivity contribution in [3.63, 3.8) is 0 Å². The Balaban J connectivity index is 1.64. The second kappa shape index (κ2) is 8.37. The number of fused-ring (bicyclic) bond motifs is 1. The highest BCUT2D eigenvalue weighted by Crippen LogP contribution is 2.32. The number of benzene rings is 2. The average molecular weight is 462 g/mol. The number of carbonyl (C=O) groups is 2. The van der Waals surface area contributed by atoms with Crippen LogP contribution in [0.25, 0.3) is 0 Å². The van der Waals surface area contributed by atoms with Crippen LogP contribution in [0.5, 0.6) is 0 Å². The van der Waals surface area contributed by atoms with Crippen molar-refractivity contribution in [1.29, 1.82) is 0 Å². The van der Waals surface area contributed by atoms with Crippen molar-refractivity contribution in [2.24, 2.45) is 0 Å². The van der Waals surface area contributed by atoms with Crippen LogP contribution in [0.4, 0.5) is 27.5 Å². The molecule has 0 saturated carbocycles. The number of carbonyl (C=O) groups excluding carboxylic acids is 2. The van der Waals surface area contributed by atoms with E-state index >= 15 is 0 Å². The first kappa shape index (κ1) is 20.8. The van der Waals surface area contributed by atoms with E-state index in [0.29, 0.717) is 16.4 Å². The van der Waals surface area contributed by atoms with Crippen molar-refractivity contribution >= 4 is 58.2 Å². The van der Waals surface area contributed by atoms with Crippen molar-refractivity contribution in [1.82, 2.24) is 9.97 Å². The Morgan fingerprint density at radius 1 is 1.13 bits per heavy atom. The molecule has 11 heteroatoms. The summed E-state index contributed by atoms with van der Waals surface area (Å²) >= 11 is 12.0. The molecule has 0 saturated heterocycles. The number of hydrogen-bond donors (Lipinski definition) is 4. The molecule has 4 N–H and O–H groups in total. The lowest BCUT2D eigenvalue weighted by Gasteiger charge is -2.24. The van der Waals surface area contributed by atoms with Gasteiger partial charge in [0.15, 0.2) is 0 Å². The maximum atomic E-state index is 13.1. The van der Waals surface area contributed by atoms with Gasteiger partial charge in [-0.15, -0.1) is 0 Å². The predicted molar refractivity (Wildman–Crippen MR) is 116 cm³/mol. The zero-order valence-electron chi connectivity index (χ0n) is 15.6. The Hall–Kier alpha value is -3.43. The van der Waals surface area contributed by atoms with E-state index in [1.165, 1.54) is 36.4 Å². The SMILES string of the molecule is O=C1C[C@@H](C(=O)Nc2ccc(Cl)cc2Cl)c2c(nc(Nc3ccc(F)cc3)[nH]c2=O)N1. The van der Waals surface area contributed by atoms with Crippen LogP contribution in [0, 0.1) is 5.82 Å². The van der Waals surface area contributed by atoms with Crippen LogP contribution in [0.2, 0.25) is 10.0 Å². The molecule has 0 fully saturated rings. The lowest BCUT2D eigenvalue weighted by Crippen LogP contribution is -2.36. The normalized spacial score (nSPS) is 15.1. The molecule has 1 aliphatic rings. The Morgan fingerprint density at radius 2 is 1.87 bits per heavy atom. The van der Waals surface area contributed by atoms with Crippen molar-refractivity contribution < 1.29 is 14.0 Å². The van der Waals surface area contributed by atoms with Crippen molar-refractivity contribution in [2.75, 3.05) is 16.0 Å². The van der Waals surface area contributed by atoms with Gasteiger partial charge in [0, 0.05) is 17.1 Å². The van der Waals surface area contributed by atoms with E-state index in [9.17, 15) is 18.8 Å². The topological polar surface area (TPSA) is 116 Å². The molecule has 2 heterocycles. The number of halogens is 3. The number of aromatic amines is 1. The lowest BCUT2D eigenvalue weighted by molar-refractivity contribution is -0.123. The van der Waals surface area contributed by atoms with Crippen LogP contribution < -0.4 is 21.5 Å². The quantitative estimate of drug-likeness (QED) is 0.468. The molecule has 2 aromatic carbocycles. The summed E-state index contributed by atoms with van der Waals surface area (Å²) in [5, 5.41) is 8.55. The summed E-state index contributed by atoms with van der Waals surface area (Å²) < 4.78 is 13.1. The second-order valence-corrected chi connectivity index (χ2v) is 7.57. The van der Waals surface area contributed by atoms with Crippen LogP contribution in [0.15, 0.2) is 47.3 Å². The largest absolute Gasteiger partial charge is 0.326 e. The molecule has 0 unspecified atom stereocenters. The highest BCUT2D eigenvalue weighted by atomic mass is 35.5. The van der Waals surface area contributed by atoms with Gasteiger partial charge in [0.25, 0.3) is 5.56 Å². The van der Waals surface area contributed by atoms with Gasteiger partial charge in [-0.3, -0.25) is 19.4 Å². The molecule has 1 aromatic heterocycles. The molecule has 31 heavy (non-hydrogen) atoms. The summed E-state index contributed by atoms with van der Waals surface area (Å²) in [6.45, 7) is 0. The van der Waals surface area contributed by atoms with Gasteiger partial charge in [-0.25, -0.2) is 4.39 Å². The Kier molecular flexibility index (Phi) is 5.62. The molecule has 3 aromatic rings. The number of H-pyrrole nitrogens is 1. The fourth-order valence-corrected chi connectivity index (χ4v) is 3.59. The van der Waals surface area contributed by atoms with Gasteiger partial charge in [-0.2, -0.15) is 4.98 Å². The van der Waals surface area contributed by atoms with Gasteiger partial charge in [-0.05, 0) is 42.5 Å². The van der Waals surface area contributed by atoms with Crippen molar-refractivity contribution in [2.45, 2.75) is 12.3 Å². The van der Waals surface area contributed by atoms with E-state index in [1.807, 2.05) is 0 Å². The fraction of sp³-hybridized carbons (Fsp3) is 0.100. The molecule has 8 nitrogen and oxygen atoms in total. The number of anilines is 4. The van der Waals surface area contributed by atoms with Gasteiger partial charge in [0.2, 0.25) is 17.8 Å². The first-order valence-corrected chi connectivity index (χ1v) is 9.78. The van der Waals surface area contributed by atoms with Gasteiger partial charge < -0.3 is 16.0 Å². The number of rotatable bonds is 4. The van der Waals surface area contributed by atoms with Crippen molar-refractivity contribution in [3.05, 3.63) is 74.2 Å². The Bertz CT molecular complexity index is 1250. The molecule has 4 rings (SSSR count). The molecule has 0 spiro atoms. The summed E-state index contributed by atoms with van der Waals surface area (Å²) in [5.41, 5.74) is 0.185. The number of amides is 2. The summed E-state index contributed by atoms with van der Waals surface area (Å²) in [4.78, 5) is 44.5. The number of nitrogens with zero attached hydrogens (tertiary/aromatic N) is 1. The Labute approximate surface area is 184 Å². The first-order chi connectivity index (χ1) is 14.8. The number of aromatic nitrogens is 2. The molecular formula is C20H14Cl2FN5O3. The monoisotopic (exact) mass is 461 g/mol.